The number of carbonyl (C=O) groups excluding carboxylic acids is 3. The molecule has 3 aliphatic rings. The predicted molar refractivity (Wildman–Crippen MR) is 126 cm³/mol. The van der Waals surface area contributed by atoms with E-state index in [4.69, 9.17) is 4.74 Å². The summed E-state index contributed by atoms with van der Waals surface area (Å²) in [5.41, 5.74) is 1.72. The van der Waals surface area contributed by atoms with E-state index in [0.29, 0.717) is 31.5 Å². The van der Waals surface area contributed by atoms with Crippen molar-refractivity contribution >= 4 is 23.6 Å². The summed E-state index contributed by atoms with van der Waals surface area (Å²) in [5, 5.41) is 5.29. The zero-order valence-electron chi connectivity index (χ0n) is 19.9. The third-order valence-corrected chi connectivity index (χ3v) is 6.71. The van der Waals surface area contributed by atoms with Crippen LogP contribution in [0.4, 0.5) is 10.5 Å². The highest BCUT2D eigenvalue weighted by Gasteiger charge is 2.39. The smallest absolute Gasteiger partial charge is 0.407 e. The topological polar surface area (TPSA) is 91.0 Å². The summed E-state index contributed by atoms with van der Waals surface area (Å²) in [5.74, 6) is -0.601. The second-order valence-electron chi connectivity index (χ2n) is 10.4. The van der Waals surface area contributed by atoms with Crippen LogP contribution in [0.3, 0.4) is 0 Å². The predicted octanol–water partition coefficient (Wildman–Crippen LogP) is 2.77. The number of alkyl carbamates (subject to hydrolysis) is 1. The molecule has 3 saturated heterocycles. The van der Waals surface area contributed by atoms with Crippen LogP contribution in [0.15, 0.2) is 24.3 Å². The third-order valence-electron chi connectivity index (χ3n) is 6.71. The number of amides is 3. The number of anilines is 1. The van der Waals surface area contributed by atoms with E-state index >= 15 is 0 Å². The number of ether oxygens (including phenoxy) is 1. The quantitative estimate of drug-likeness (QED) is 0.505. The molecule has 0 aromatic heterocycles. The molecule has 3 atom stereocenters. The Labute approximate surface area is 196 Å². The first-order valence-electron chi connectivity index (χ1n) is 12.1. The molecule has 3 heterocycles. The van der Waals surface area contributed by atoms with Gasteiger partial charge in [0.1, 0.15) is 5.60 Å². The van der Waals surface area contributed by atoms with Gasteiger partial charge < -0.3 is 15.0 Å². The van der Waals surface area contributed by atoms with E-state index in [1.54, 1.807) is 0 Å². The minimum atomic E-state index is -0.473. The van der Waals surface area contributed by atoms with Crippen molar-refractivity contribution in [2.45, 2.75) is 76.5 Å². The van der Waals surface area contributed by atoms with Crippen LogP contribution in [0.5, 0.6) is 0 Å². The molecule has 180 valence electrons. The van der Waals surface area contributed by atoms with Gasteiger partial charge in [-0.1, -0.05) is 12.1 Å². The molecule has 1 aromatic rings. The molecular weight excluding hydrogens is 420 g/mol. The largest absolute Gasteiger partial charge is 0.444 e. The van der Waals surface area contributed by atoms with Gasteiger partial charge in [0.05, 0.1) is 5.92 Å². The van der Waals surface area contributed by atoms with Crippen LogP contribution < -0.4 is 15.5 Å². The van der Waals surface area contributed by atoms with Crippen LogP contribution in [0.2, 0.25) is 0 Å². The first-order chi connectivity index (χ1) is 15.7. The standard InChI is InChI=1S/C25H36N4O4/c1-25(2,3)33-24(32)26-13-4-14-28-15-19-9-10-20(16-28)29(19)18-7-5-17(6-8-18)21-11-12-22(30)27-23(21)31/h5-8,19-21H,4,9-16H2,1-3H3,(H,26,32)(H,27,30,31). The van der Waals surface area contributed by atoms with Gasteiger partial charge in [-0.3, -0.25) is 19.8 Å². The highest BCUT2D eigenvalue weighted by molar-refractivity contribution is 6.00. The van der Waals surface area contributed by atoms with Crippen LogP contribution in [0.1, 0.15) is 64.4 Å². The number of imide groups is 1. The molecule has 0 aliphatic carbocycles. The van der Waals surface area contributed by atoms with Crippen molar-refractivity contribution in [3.8, 4) is 0 Å². The Balaban J connectivity index is 1.27. The van der Waals surface area contributed by atoms with Crippen molar-refractivity contribution in [3.05, 3.63) is 29.8 Å². The molecule has 3 aliphatic heterocycles. The number of likely N-dealkylation sites (tertiary alicyclic amines) is 1. The van der Waals surface area contributed by atoms with E-state index in [2.05, 4.69) is 32.6 Å². The van der Waals surface area contributed by atoms with Crippen molar-refractivity contribution in [2.24, 2.45) is 0 Å². The Morgan fingerprint density at radius 3 is 2.36 bits per heavy atom. The van der Waals surface area contributed by atoms with Crippen molar-refractivity contribution < 1.29 is 19.1 Å². The van der Waals surface area contributed by atoms with Crippen molar-refractivity contribution in [2.75, 3.05) is 31.1 Å². The Bertz CT molecular complexity index is 865. The maximum absolute atomic E-state index is 12.2. The molecule has 2 bridgehead atoms. The van der Waals surface area contributed by atoms with Gasteiger partial charge in [0.25, 0.3) is 0 Å². The van der Waals surface area contributed by atoms with Crippen LogP contribution in [-0.2, 0) is 14.3 Å². The van der Waals surface area contributed by atoms with Gasteiger partial charge >= 0.3 is 6.09 Å². The normalized spacial score (nSPS) is 25.7. The van der Waals surface area contributed by atoms with Gasteiger partial charge in [0, 0.05) is 43.8 Å². The summed E-state index contributed by atoms with van der Waals surface area (Å²) in [6.07, 6.45) is 3.90. The van der Waals surface area contributed by atoms with Crippen molar-refractivity contribution in [1.82, 2.24) is 15.5 Å². The van der Waals surface area contributed by atoms with Gasteiger partial charge in [-0.25, -0.2) is 4.79 Å². The van der Waals surface area contributed by atoms with Crippen molar-refractivity contribution in [3.63, 3.8) is 0 Å². The van der Waals surface area contributed by atoms with Crippen molar-refractivity contribution in [1.29, 1.82) is 0 Å². The Kier molecular flexibility index (Phi) is 6.93. The number of hydrogen-bond donors (Lipinski definition) is 2. The second kappa shape index (κ2) is 9.71. The lowest BCUT2D eigenvalue weighted by Crippen LogP contribution is -2.54. The summed E-state index contributed by atoms with van der Waals surface area (Å²) >= 11 is 0. The lowest BCUT2D eigenvalue weighted by molar-refractivity contribution is -0.134. The first kappa shape index (κ1) is 23.5. The number of piperazine rings is 1. The molecule has 1 aromatic carbocycles. The van der Waals surface area contributed by atoms with Crippen LogP contribution in [-0.4, -0.2) is 66.7 Å². The number of carbonyl (C=O) groups is 3. The fraction of sp³-hybridized carbons (Fsp3) is 0.640. The molecule has 0 spiro atoms. The number of piperidine rings is 1. The molecule has 3 fully saturated rings. The van der Waals surface area contributed by atoms with E-state index in [-0.39, 0.29) is 23.8 Å². The minimum absolute atomic E-state index is 0.178. The maximum atomic E-state index is 12.2. The highest BCUT2D eigenvalue weighted by Crippen LogP contribution is 2.36. The summed E-state index contributed by atoms with van der Waals surface area (Å²) in [6, 6.07) is 9.33. The Morgan fingerprint density at radius 1 is 1.09 bits per heavy atom. The van der Waals surface area contributed by atoms with Gasteiger partial charge in [0.2, 0.25) is 11.8 Å². The fourth-order valence-electron chi connectivity index (χ4n) is 5.29. The monoisotopic (exact) mass is 456 g/mol. The van der Waals surface area contributed by atoms with E-state index < -0.39 is 5.60 Å². The van der Waals surface area contributed by atoms with E-state index in [1.807, 2.05) is 32.9 Å². The molecule has 33 heavy (non-hydrogen) atoms. The molecule has 2 N–H and O–H groups in total. The number of nitrogens with one attached hydrogen (secondary N) is 2. The molecule has 0 saturated carbocycles. The number of hydrogen-bond acceptors (Lipinski definition) is 6. The minimum Gasteiger partial charge on any atom is -0.444 e. The average molecular weight is 457 g/mol. The maximum Gasteiger partial charge on any atom is 0.407 e. The number of rotatable bonds is 6. The van der Waals surface area contributed by atoms with Crippen LogP contribution in [0, 0.1) is 0 Å². The van der Waals surface area contributed by atoms with Gasteiger partial charge in [0.15, 0.2) is 0 Å². The number of benzene rings is 1. The van der Waals surface area contributed by atoms with E-state index in [1.165, 1.54) is 18.5 Å². The van der Waals surface area contributed by atoms with Crippen LogP contribution in [0.25, 0.3) is 0 Å². The average Bonchev–Trinajstić information content (AvgIpc) is 3.00. The summed E-state index contributed by atoms with van der Waals surface area (Å²) in [7, 11) is 0. The highest BCUT2D eigenvalue weighted by atomic mass is 16.6. The fourth-order valence-corrected chi connectivity index (χ4v) is 5.29. The zero-order chi connectivity index (χ0) is 23.6. The lowest BCUT2D eigenvalue weighted by Gasteiger charge is -2.42. The van der Waals surface area contributed by atoms with Gasteiger partial charge in [-0.2, -0.15) is 0 Å². The molecule has 0 radical (unpaired) electrons. The molecule has 3 unspecified atom stereocenters. The van der Waals surface area contributed by atoms with Gasteiger partial charge in [-0.05, 0) is 70.7 Å². The van der Waals surface area contributed by atoms with E-state index in [9.17, 15) is 14.4 Å². The number of fused-ring (bicyclic) bond motifs is 2. The summed E-state index contributed by atoms with van der Waals surface area (Å²) in [4.78, 5) is 40.4. The van der Waals surface area contributed by atoms with Gasteiger partial charge in [-0.15, -0.1) is 0 Å². The Morgan fingerprint density at radius 2 is 1.76 bits per heavy atom. The molecule has 8 nitrogen and oxygen atoms in total. The lowest BCUT2D eigenvalue weighted by atomic mass is 9.90. The molecule has 4 rings (SSSR count). The first-order valence-corrected chi connectivity index (χ1v) is 12.1. The molecule has 3 amide bonds. The summed E-state index contributed by atoms with van der Waals surface area (Å²) < 4.78 is 5.29. The van der Waals surface area contributed by atoms with E-state index in [0.717, 1.165) is 31.6 Å². The second-order valence-corrected chi connectivity index (χ2v) is 10.4. The summed E-state index contributed by atoms with van der Waals surface area (Å²) in [6.45, 7) is 9.23. The SMILES string of the molecule is CC(C)(C)OC(=O)NCCCN1CC2CCC(C1)N2c1ccc(C2CCC(=O)NC2=O)cc1. The zero-order valence-corrected chi connectivity index (χ0v) is 19.9. The third kappa shape index (κ3) is 5.85. The molecular formula is C25H36N4O4. The number of nitrogens with zero attached hydrogens (tertiary/aromatic N) is 2. The molecule has 8 heteroatoms. The Hall–Kier alpha value is -2.61. The van der Waals surface area contributed by atoms with Crippen LogP contribution >= 0.6 is 0 Å².